The molecule has 1 aromatic rings. The molecule has 4 nitrogen and oxygen atoms in total. The molecule has 0 unspecified atom stereocenters. The van der Waals surface area contributed by atoms with E-state index >= 15 is 0 Å². The van der Waals surface area contributed by atoms with E-state index in [1.807, 2.05) is 12.1 Å². The smallest absolute Gasteiger partial charge is 0.320 e. The summed E-state index contributed by atoms with van der Waals surface area (Å²) in [7, 11) is 0. The van der Waals surface area contributed by atoms with Crippen LogP contribution in [0.1, 0.15) is 82.8 Å². The van der Waals surface area contributed by atoms with Crippen LogP contribution in [0.25, 0.3) is 0 Å². The third-order valence-electron chi connectivity index (χ3n) is 5.51. The molecule has 1 aliphatic rings. The summed E-state index contributed by atoms with van der Waals surface area (Å²) in [6.45, 7) is 6.40. The van der Waals surface area contributed by atoms with E-state index in [1.54, 1.807) is 0 Å². The maximum atomic E-state index is 11.4. The molecule has 140 valence electrons. The number of aliphatic hydroxyl groups is 1. The summed E-state index contributed by atoms with van der Waals surface area (Å²) in [5.74, 6) is -0.279. The highest BCUT2D eigenvalue weighted by Gasteiger charge is 2.35. The van der Waals surface area contributed by atoms with E-state index in [2.05, 4.69) is 38.2 Å². The molecule has 3 N–H and O–H groups in total. The van der Waals surface area contributed by atoms with E-state index in [-0.39, 0.29) is 6.04 Å². The van der Waals surface area contributed by atoms with Crippen molar-refractivity contribution in [3.63, 3.8) is 0 Å². The lowest BCUT2D eigenvalue weighted by atomic mass is 9.77. The predicted octanol–water partition coefficient (Wildman–Crippen LogP) is 4.17. The number of hydrogen-bond donors (Lipinski definition) is 3. The Bertz CT molecular complexity index is 545. The van der Waals surface area contributed by atoms with Crippen molar-refractivity contribution in [1.29, 1.82) is 0 Å². The highest BCUT2D eigenvalue weighted by atomic mass is 16.4. The van der Waals surface area contributed by atoms with E-state index < -0.39 is 17.6 Å². The van der Waals surface area contributed by atoms with Gasteiger partial charge in [-0.15, -0.1) is 0 Å². The minimum Gasteiger partial charge on any atom is -0.480 e. The maximum absolute atomic E-state index is 11.4. The first-order valence-corrected chi connectivity index (χ1v) is 9.67. The summed E-state index contributed by atoms with van der Waals surface area (Å²) in [5.41, 5.74) is 1.48. The van der Waals surface area contributed by atoms with Gasteiger partial charge >= 0.3 is 5.97 Å². The van der Waals surface area contributed by atoms with Gasteiger partial charge < -0.3 is 15.5 Å². The van der Waals surface area contributed by atoms with Crippen LogP contribution in [0.15, 0.2) is 24.3 Å². The molecule has 0 saturated heterocycles. The third-order valence-corrected chi connectivity index (χ3v) is 5.51. The van der Waals surface area contributed by atoms with Gasteiger partial charge in [0.05, 0.1) is 5.60 Å². The van der Waals surface area contributed by atoms with Crippen molar-refractivity contribution in [3.05, 3.63) is 35.4 Å². The molecule has 1 aromatic carbocycles. The number of carboxylic acid groups (broad SMARTS) is 1. The van der Waals surface area contributed by atoms with Crippen LogP contribution in [0.2, 0.25) is 0 Å². The van der Waals surface area contributed by atoms with Crippen LogP contribution in [-0.2, 0) is 10.4 Å². The average molecular weight is 347 g/mol. The zero-order valence-electron chi connectivity index (χ0n) is 15.8. The zero-order valence-corrected chi connectivity index (χ0v) is 15.8. The normalized spacial score (nSPS) is 25.1. The molecule has 2 rings (SSSR count). The molecule has 25 heavy (non-hydrogen) atoms. The second-order valence-electron chi connectivity index (χ2n) is 7.78. The average Bonchev–Trinajstić information content (AvgIpc) is 2.60. The Balaban J connectivity index is 1.94. The topological polar surface area (TPSA) is 69.6 Å². The molecule has 0 aromatic heterocycles. The van der Waals surface area contributed by atoms with Gasteiger partial charge in [0.2, 0.25) is 0 Å². The largest absolute Gasteiger partial charge is 0.480 e. The number of unbranched alkanes of at least 4 members (excludes halogenated alkanes) is 1. The first-order valence-electron chi connectivity index (χ1n) is 9.67. The van der Waals surface area contributed by atoms with Gasteiger partial charge in [-0.3, -0.25) is 4.79 Å². The summed E-state index contributed by atoms with van der Waals surface area (Å²) < 4.78 is 0. The minimum absolute atomic E-state index is 0.174. The minimum atomic E-state index is -0.782. The van der Waals surface area contributed by atoms with Crippen molar-refractivity contribution in [2.75, 3.05) is 0 Å². The van der Waals surface area contributed by atoms with Crippen LogP contribution < -0.4 is 5.32 Å². The lowest BCUT2D eigenvalue weighted by molar-refractivity contribution is -0.140. The zero-order chi connectivity index (χ0) is 18.4. The number of benzene rings is 1. The van der Waals surface area contributed by atoms with E-state index in [4.69, 9.17) is 0 Å². The van der Waals surface area contributed by atoms with Gasteiger partial charge in [-0.2, -0.15) is 0 Å². The van der Waals surface area contributed by atoms with Gasteiger partial charge in [0.15, 0.2) is 0 Å². The number of carbonyl (C=O) groups is 1. The maximum Gasteiger partial charge on any atom is 0.320 e. The Hall–Kier alpha value is -1.39. The van der Waals surface area contributed by atoms with Crippen molar-refractivity contribution in [2.24, 2.45) is 0 Å². The molecule has 0 aliphatic heterocycles. The molecule has 1 atom stereocenters. The van der Waals surface area contributed by atoms with Gasteiger partial charge in [0.25, 0.3) is 0 Å². The molecular formula is C21H33NO3. The number of aliphatic carboxylic acids is 1. The Morgan fingerprint density at radius 3 is 2.32 bits per heavy atom. The van der Waals surface area contributed by atoms with Crippen molar-refractivity contribution >= 4 is 5.97 Å². The van der Waals surface area contributed by atoms with Gasteiger partial charge in [0.1, 0.15) is 6.04 Å². The fourth-order valence-electron chi connectivity index (χ4n) is 3.70. The molecule has 0 spiro atoms. The first kappa shape index (κ1) is 19.9. The summed E-state index contributed by atoms with van der Waals surface area (Å²) in [4.78, 5) is 11.4. The van der Waals surface area contributed by atoms with Crippen LogP contribution in [0.3, 0.4) is 0 Å². The van der Waals surface area contributed by atoms with Crippen molar-refractivity contribution in [2.45, 2.75) is 89.3 Å². The summed E-state index contributed by atoms with van der Waals surface area (Å²) in [6, 6.07) is 8.00. The van der Waals surface area contributed by atoms with Gasteiger partial charge in [-0.1, -0.05) is 57.9 Å². The van der Waals surface area contributed by atoms with Crippen molar-refractivity contribution in [1.82, 2.24) is 5.32 Å². The Kier molecular flexibility index (Phi) is 7.03. The number of hydrogen-bond acceptors (Lipinski definition) is 3. The molecule has 1 aliphatic carbocycles. The molecule has 4 heteroatoms. The monoisotopic (exact) mass is 347 g/mol. The Morgan fingerprint density at radius 1 is 1.24 bits per heavy atom. The molecule has 0 heterocycles. The molecular weight excluding hydrogens is 314 g/mol. The fourth-order valence-corrected chi connectivity index (χ4v) is 3.70. The van der Waals surface area contributed by atoms with E-state index in [0.29, 0.717) is 25.2 Å². The predicted molar refractivity (Wildman–Crippen MR) is 101 cm³/mol. The molecule has 1 fully saturated rings. The van der Waals surface area contributed by atoms with E-state index in [1.165, 1.54) is 5.56 Å². The van der Waals surface area contributed by atoms with Crippen LogP contribution in [0, 0.1) is 0 Å². The lowest BCUT2D eigenvalue weighted by Gasteiger charge is -2.37. The molecule has 0 bridgehead atoms. The van der Waals surface area contributed by atoms with Gasteiger partial charge in [-0.25, -0.2) is 0 Å². The van der Waals surface area contributed by atoms with Crippen LogP contribution in [0.5, 0.6) is 0 Å². The standard InChI is InChI=1S/C21H33NO3/c1-4-5-6-19(20(23)24)22-18-11-13-21(25,14-12-18)17-9-7-16(8-10-17)15(2)3/h7-10,15,18-19,22,25H,4-6,11-14H2,1-3H3,(H,23,24)/t18?,19-,21?/m0/s1. The van der Waals surface area contributed by atoms with Crippen LogP contribution in [0.4, 0.5) is 0 Å². The first-order chi connectivity index (χ1) is 11.9. The third kappa shape index (κ3) is 5.29. The number of carboxylic acids is 1. The van der Waals surface area contributed by atoms with Crippen LogP contribution >= 0.6 is 0 Å². The molecule has 0 radical (unpaired) electrons. The fraction of sp³-hybridized carbons (Fsp3) is 0.667. The second kappa shape index (κ2) is 8.81. The Morgan fingerprint density at radius 2 is 1.84 bits per heavy atom. The van der Waals surface area contributed by atoms with Crippen LogP contribution in [-0.4, -0.2) is 28.3 Å². The highest BCUT2D eigenvalue weighted by Crippen LogP contribution is 2.37. The lowest BCUT2D eigenvalue weighted by Crippen LogP contribution is -2.47. The highest BCUT2D eigenvalue weighted by molar-refractivity contribution is 5.73. The van der Waals surface area contributed by atoms with E-state index in [9.17, 15) is 15.0 Å². The van der Waals surface area contributed by atoms with Gasteiger partial charge in [0, 0.05) is 6.04 Å². The Labute approximate surface area is 151 Å². The number of rotatable bonds is 8. The SMILES string of the molecule is CCCC[C@H](NC1CCC(O)(c2ccc(C(C)C)cc2)CC1)C(=O)O. The van der Waals surface area contributed by atoms with Gasteiger partial charge in [-0.05, 0) is 49.1 Å². The summed E-state index contributed by atoms with van der Waals surface area (Å²) >= 11 is 0. The molecule has 0 amide bonds. The van der Waals surface area contributed by atoms with E-state index in [0.717, 1.165) is 31.2 Å². The van der Waals surface area contributed by atoms with Crippen molar-refractivity contribution < 1.29 is 15.0 Å². The summed E-state index contributed by atoms with van der Waals surface area (Å²) in [5, 5.41) is 23.7. The number of nitrogens with one attached hydrogen (secondary N) is 1. The quantitative estimate of drug-likeness (QED) is 0.660. The molecule has 1 saturated carbocycles. The summed E-state index contributed by atoms with van der Waals surface area (Å²) in [6.07, 6.45) is 5.54. The second-order valence-corrected chi connectivity index (χ2v) is 7.78. The van der Waals surface area contributed by atoms with Crippen molar-refractivity contribution in [3.8, 4) is 0 Å².